The number of methoxy groups -OCH3 is 1. The molecule has 0 aliphatic heterocycles. The van der Waals surface area contributed by atoms with Crippen LogP contribution in [0.5, 0.6) is 11.5 Å². The van der Waals surface area contributed by atoms with E-state index in [4.69, 9.17) is 5.73 Å². The highest BCUT2D eigenvalue weighted by molar-refractivity contribution is 5.48. The number of nitrogens with two attached hydrogens (primary N) is 1. The minimum Gasteiger partial charge on any atom is -0.504 e. The molecule has 0 heterocycles. The van der Waals surface area contributed by atoms with Crippen LogP contribution >= 0.6 is 0 Å². The molecule has 0 bridgehead atoms. The van der Waals surface area contributed by atoms with Gasteiger partial charge in [0.15, 0.2) is 17.3 Å². The lowest BCUT2D eigenvalue weighted by molar-refractivity contribution is 0.144. The SMILES string of the molecule is COc1c(F)cc(F)c(C(O)C(C)N)c1O. The number of hydrogen-bond donors (Lipinski definition) is 3. The minimum absolute atomic E-state index is 0.465. The number of aliphatic hydroxyl groups excluding tert-OH is 1. The first-order valence-corrected chi connectivity index (χ1v) is 4.58. The lowest BCUT2D eigenvalue weighted by Crippen LogP contribution is -2.25. The van der Waals surface area contributed by atoms with Crippen molar-refractivity contribution in [3.05, 3.63) is 23.3 Å². The fraction of sp³-hybridized carbons (Fsp3) is 0.400. The molecule has 4 N–H and O–H groups in total. The Bertz CT molecular complexity index is 396. The van der Waals surface area contributed by atoms with E-state index in [1.807, 2.05) is 0 Å². The van der Waals surface area contributed by atoms with Crippen LogP contribution in [-0.2, 0) is 0 Å². The Labute approximate surface area is 91.3 Å². The summed E-state index contributed by atoms with van der Waals surface area (Å²) in [6.07, 6.45) is -1.44. The molecule has 1 rings (SSSR count). The second-order valence-electron chi connectivity index (χ2n) is 3.44. The van der Waals surface area contributed by atoms with Gasteiger partial charge in [-0.2, -0.15) is 0 Å². The molecule has 0 radical (unpaired) electrons. The van der Waals surface area contributed by atoms with Gasteiger partial charge >= 0.3 is 0 Å². The Balaban J connectivity index is 3.39. The molecule has 2 atom stereocenters. The maximum absolute atomic E-state index is 13.4. The van der Waals surface area contributed by atoms with Gasteiger partial charge in [0, 0.05) is 12.1 Å². The van der Waals surface area contributed by atoms with E-state index in [1.54, 1.807) is 0 Å². The number of rotatable bonds is 3. The average Bonchev–Trinajstić information content (AvgIpc) is 2.17. The minimum atomic E-state index is -1.44. The molecule has 0 amide bonds. The van der Waals surface area contributed by atoms with Gasteiger partial charge in [-0.25, -0.2) is 8.78 Å². The molecule has 90 valence electrons. The smallest absolute Gasteiger partial charge is 0.197 e. The van der Waals surface area contributed by atoms with Crippen LogP contribution in [0, 0.1) is 11.6 Å². The number of aliphatic hydroxyl groups is 1. The third-order valence-corrected chi connectivity index (χ3v) is 2.20. The second-order valence-corrected chi connectivity index (χ2v) is 3.44. The van der Waals surface area contributed by atoms with E-state index in [9.17, 15) is 19.0 Å². The summed E-state index contributed by atoms with van der Waals surface area (Å²) in [6, 6.07) is -0.282. The van der Waals surface area contributed by atoms with Gasteiger partial charge in [-0.1, -0.05) is 0 Å². The third-order valence-electron chi connectivity index (χ3n) is 2.20. The van der Waals surface area contributed by atoms with Crippen molar-refractivity contribution >= 4 is 0 Å². The van der Waals surface area contributed by atoms with E-state index in [-0.39, 0.29) is 0 Å². The zero-order chi connectivity index (χ0) is 12.5. The quantitative estimate of drug-likeness (QED) is 0.729. The van der Waals surface area contributed by atoms with Crippen molar-refractivity contribution in [1.82, 2.24) is 0 Å². The lowest BCUT2D eigenvalue weighted by atomic mass is 10.0. The van der Waals surface area contributed by atoms with Crippen molar-refractivity contribution < 1.29 is 23.7 Å². The highest BCUT2D eigenvalue weighted by Crippen LogP contribution is 2.38. The summed E-state index contributed by atoms with van der Waals surface area (Å²) < 4.78 is 31.0. The maximum atomic E-state index is 13.4. The highest BCUT2D eigenvalue weighted by atomic mass is 19.1. The van der Waals surface area contributed by atoms with Crippen molar-refractivity contribution in [3.63, 3.8) is 0 Å². The molecule has 0 spiro atoms. The normalized spacial score (nSPS) is 14.6. The van der Waals surface area contributed by atoms with Gasteiger partial charge in [0.05, 0.1) is 12.7 Å². The van der Waals surface area contributed by atoms with Gasteiger partial charge in [0.2, 0.25) is 0 Å². The summed E-state index contributed by atoms with van der Waals surface area (Å²) >= 11 is 0. The van der Waals surface area contributed by atoms with Crippen LogP contribution in [0.1, 0.15) is 18.6 Å². The Hall–Kier alpha value is -1.40. The Morgan fingerprint density at radius 2 is 1.94 bits per heavy atom. The summed E-state index contributed by atoms with van der Waals surface area (Å²) in [5, 5.41) is 19.1. The molecule has 0 fully saturated rings. The topological polar surface area (TPSA) is 75.7 Å². The standard InChI is InChI=1S/C10H13F2NO3/c1-4(13)8(14)7-5(11)3-6(12)10(16-2)9(7)15/h3-4,8,14-15H,13H2,1-2H3. The van der Waals surface area contributed by atoms with Crippen LogP contribution in [0.3, 0.4) is 0 Å². The van der Waals surface area contributed by atoms with E-state index >= 15 is 0 Å². The first-order chi connectivity index (χ1) is 7.40. The van der Waals surface area contributed by atoms with Gasteiger partial charge in [0.1, 0.15) is 11.9 Å². The molecule has 0 saturated heterocycles. The van der Waals surface area contributed by atoms with Crippen LogP contribution in [-0.4, -0.2) is 23.4 Å². The van der Waals surface area contributed by atoms with E-state index in [1.165, 1.54) is 6.92 Å². The van der Waals surface area contributed by atoms with Crippen LogP contribution in [0.25, 0.3) is 0 Å². The molecule has 4 nitrogen and oxygen atoms in total. The Kier molecular flexibility index (Phi) is 3.66. The number of halogens is 2. The highest BCUT2D eigenvalue weighted by Gasteiger charge is 2.26. The number of phenolic OH excluding ortho intramolecular Hbond substituents is 1. The summed E-state index contributed by atoms with van der Waals surface area (Å²) in [7, 11) is 1.12. The summed E-state index contributed by atoms with van der Waals surface area (Å²) in [4.78, 5) is 0. The van der Waals surface area contributed by atoms with Gasteiger partial charge in [0.25, 0.3) is 0 Å². The first-order valence-electron chi connectivity index (χ1n) is 4.58. The van der Waals surface area contributed by atoms with Crippen molar-refractivity contribution in [3.8, 4) is 11.5 Å². The number of ether oxygens (including phenoxy) is 1. The molecule has 16 heavy (non-hydrogen) atoms. The van der Waals surface area contributed by atoms with Crippen molar-refractivity contribution in [2.24, 2.45) is 5.73 Å². The number of phenols is 1. The second kappa shape index (κ2) is 4.63. The Morgan fingerprint density at radius 1 is 1.38 bits per heavy atom. The summed E-state index contributed by atoms with van der Waals surface area (Å²) in [5.41, 5.74) is 4.91. The van der Waals surface area contributed by atoms with Gasteiger partial charge < -0.3 is 20.7 Å². The van der Waals surface area contributed by atoms with E-state index in [0.29, 0.717) is 6.07 Å². The predicted molar refractivity (Wildman–Crippen MR) is 53.2 cm³/mol. The van der Waals surface area contributed by atoms with Crippen LogP contribution in [0.15, 0.2) is 6.07 Å². The molecular formula is C10H13F2NO3. The molecule has 6 heteroatoms. The molecular weight excluding hydrogens is 220 g/mol. The lowest BCUT2D eigenvalue weighted by Gasteiger charge is -2.18. The van der Waals surface area contributed by atoms with E-state index < -0.39 is 40.8 Å². The summed E-state index contributed by atoms with van der Waals surface area (Å²) in [6.45, 7) is 1.43. The number of aromatic hydroxyl groups is 1. The van der Waals surface area contributed by atoms with Crippen LogP contribution < -0.4 is 10.5 Å². The third kappa shape index (κ3) is 2.07. The molecule has 0 aromatic heterocycles. The van der Waals surface area contributed by atoms with Crippen molar-refractivity contribution in [1.29, 1.82) is 0 Å². The fourth-order valence-corrected chi connectivity index (χ4v) is 1.34. The zero-order valence-electron chi connectivity index (χ0n) is 8.87. The number of benzene rings is 1. The monoisotopic (exact) mass is 233 g/mol. The molecule has 1 aromatic carbocycles. The molecule has 0 aliphatic rings. The van der Waals surface area contributed by atoms with Crippen molar-refractivity contribution in [2.75, 3.05) is 7.11 Å². The van der Waals surface area contributed by atoms with Gasteiger partial charge in [-0.05, 0) is 6.92 Å². The van der Waals surface area contributed by atoms with Crippen LogP contribution in [0.2, 0.25) is 0 Å². The van der Waals surface area contributed by atoms with Gasteiger partial charge in [-0.15, -0.1) is 0 Å². The molecule has 0 aliphatic carbocycles. The molecule has 0 saturated carbocycles. The van der Waals surface area contributed by atoms with Crippen LogP contribution in [0.4, 0.5) is 8.78 Å². The van der Waals surface area contributed by atoms with Crippen molar-refractivity contribution in [2.45, 2.75) is 19.1 Å². The van der Waals surface area contributed by atoms with E-state index in [0.717, 1.165) is 7.11 Å². The Morgan fingerprint density at radius 3 is 2.38 bits per heavy atom. The first kappa shape index (κ1) is 12.7. The average molecular weight is 233 g/mol. The maximum Gasteiger partial charge on any atom is 0.197 e. The van der Waals surface area contributed by atoms with Gasteiger partial charge in [-0.3, -0.25) is 0 Å². The molecule has 2 unspecified atom stereocenters. The summed E-state index contributed by atoms with van der Waals surface area (Å²) in [5.74, 6) is -3.40. The number of hydrogen-bond acceptors (Lipinski definition) is 4. The fourth-order valence-electron chi connectivity index (χ4n) is 1.34. The van der Waals surface area contributed by atoms with E-state index in [2.05, 4.69) is 4.74 Å². The largest absolute Gasteiger partial charge is 0.504 e. The predicted octanol–water partition coefficient (Wildman–Crippen LogP) is 1.06. The molecule has 1 aromatic rings. The zero-order valence-corrected chi connectivity index (χ0v) is 8.87.